The molecule has 1 fully saturated rings. The number of nitrogens with zero attached hydrogens (tertiary/aromatic N) is 6. The molecule has 148 valence electrons. The minimum atomic E-state index is -0.0391. The molecule has 1 amide bonds. The zero-order valence-corrected chi connectivity index (χ0v) is 16.6. The van der Waals surface area contributed by atoms with Crippen molar-refractivity contribution in [1.29, 1.82) is 0 Å². The van der Waals surface area contributed by atoms with Gasteiger partial charge in [0, 0.05) is 17.9 Å². The highest BCUT2D eigenvalue weighted by Crippen LogP contribution is 2.31. The number of hydrogen-bond donors (Lipinski definition) is 1. The summed E-state index contributed by atoms with van der Waals surface area (Å²) >= 11 is 0. The summed E-state index contributed by atoms with van der Waals surface area (Å²) in [5.74, 6) is 1.93. The van der Waals surface area contributed by atoms with Crippen LogP contribution in [0.15, 0.2) is 30.3 Å². The molecule has 8 heteroatoms. The molecule has 0 radical (unpaired) electrons. The molecule has 1 aliphatic rings. The number of hydrogen-bond acceptors (Lipinski definition) is 5. The van der Waals surface area contributed by atoms with Gasteiger partial charge in [-0.25, -0.2) is 14.5 Å². The van der Waals surface area contributed by atoms with Gasteiger partial charge < -0.3 is 9.88 Å². The zero-order chi connectivity index (χ0) is 20.0. The molecule has 0 saturated carbocycles. The Morgan fingerprint density at radius 2 is 2.03 bits per heavy atom. The molecule has 0 unspecified atom stereocenters. The number of likely N-dealkylation sites (tertiary alicyclic amines) is 1. The number of aryl methyl sites for hydroxylation is 2. The lowest BCUT2D eigenvalue weighted by atomic mass is 10.0. The maximum Gasteiger partial charge on any atom is 0.252 e. The SMILES string of the molecule is Cc1cc(C)n2nc(CC(=O)N3CCCC[C@H]3c3nc4ccccc4[nH]3)nc2n1. The highest BCUT2D eigenvalue weighted by atomic mass is 16.2. The molecule has 5 rings (SSSR count). The zero-order valence-electron chi connectivity index (χ0n) is 16.6. The largest absolute Gasteiger partial charge is 0.340 e. The summed E-state index contributed by atoms with van der Waals surface area (Å²) in [6.07, 6.45) is 3.16. The number of fused-ring (bicyclic) bond motifs is 2. The van der Waals surface area contributed by atoms with Crippen LogP contribution in [-0.2, 0) is 11.2 Å². The van der Waals surface area contributed by atoms with Crippen molar-refractivity contribution < 1.29 is 4.79 Å². The minimum absolute atomic E-state index is 0.0282. The molecule has 0 spiro atoms. The monoisotopic (exact) mass is 389 g/mol. The minimum Gasteiger partial charge on any atom is -0.340 e. The molecule has 1 aliphatic heterocycles. The lowest BCUT2D eigenvalue weighted by Crippen LogP contribution is -2.40. The predicted octanol–water partition coefficient (Wildman–Crippen LogP) is 2.91. The van der Waals surface area contributed by atoms with Gasteiger partial charge in [-0.2, -0.15) is 4.98 Å². The number of carbonyl (C=O) groups excluding carboxylic acids is 1. The van der Waals surface area contributed by atoms with Crippen molar-refractivity contribution in [3.63, 3.8) is 0 Å². The van der Waals surface area contributed by atoms with Crippen LogP contribution in [0.4, 0.5) is 0 Å². The van der Waals surface area contributed by atoms with E-state index < -0.39 is 0 Å². The van der Waals surface area contributed by atoms with E-state index in [4.69, 9.17) is 4.98 Å². The van der Waals surface area contributed by atoms with Gasteiger partial charge in [0.1, 0.15) is 5.82 Å². The van der Waals surface area contributed by atoms with Gasteiger partial charge in [-0.1, -0.05) is 12.1 Å². The third kappa shape index (κ3) is 3.24. The maximum absolute atomic E-state index is 13.2. The summed E-state index contributed by atoms with van der Waals surface area (Å²) in [6.45, 7) is 4.62. The third-order valence-electron chi connectivity index (χ3n) is 5.52. The summed E-state index contributed by atoms with van der Waals surface area (Å²) in [7, 11) is 0. The molecule has 3 aromatic heterocycles. The van der Waals surface area contributed by atoms with E-state index in [1.54, 1.807) is 4.52 Å². The fourth-order valence-electron chi connectivity index (χ4n) is 4.16. The highest BCUT2D eigenvalue weighted by Gasteiger charge is 2.30. The van der Waals surface area contributed by atoms with Crippen LogP contribution in [0.2, 0.25) is 0 Å². The predicted molar refractivity (Wildman–Crippen MR) is 108 cm³/mol. The van der Waals surface area contributed by atoms with Crippen molar-refractivity contribution in [3.05, 3.63) is 53.4 Å². The number of rotatable bonds is 3. The molecule has 4 aromatic rings. The van der Waals surface area contributed by atoms with Crippen LogP contribution >= 0.6 is 0 Å². The number of amides is 1. The van der Waals surface area contributed by atoms with E-state index in [1.165, 1.54) is 0 Å². The van der Waals surface area contributed by atoms with E-state index in [1.807, 2.05) is 49.1 Å². The summed E-state index contributed by atoms with van der Waals surface area (Å²) < 4.78 is 1.70. The second-order valence-corrected chi connectivity index (χ2v) is 7.69. The first-order chi connectivity index (χ1) is 14.1. The van der Waals surface area contributed by atoms with E-state index in [2.05, 4.69) is 20.1 Å². The summed E-state index contributed by atoms with van der Waals surface area (Å²) in [5.41, 5.74) is 3.77. The Labute approximate surface area is 168 Å². The van der Waals surface area contributed by atoms with Gasteiger partial charge in [0.05, 0.1) is 23.5 Å². The van der Waals surface area contributed by atoms with Crippen LogP contribution in [0.5, 0.6) is 0 Å². The first-order valence-electron chi connectivity index (χ1n) is 10.0. The average molecular weight is 389 g/mol. The lowest BCUT2D eigenvalue weighted by molar-refractivity contribution is -0.134. The molecule has 1 N–H and O–H groups in total. The Morgan fingerprint density at radius 1 is 1.17 bits per heavy atom. The van der Waals surface area contributed by atoms with Gasteiger partial charge in [-0.05, 0) is 51.3 Å². The van der Waals surface area contributed by atoms with Gasteiger partial charge in [0.25, 0.3) is 5.78 Å². The first-order valence-corrected chi connectivity index (χ1v) is 10.0. The summed E-state index contributed by atoms with van der Waals surface area (Å²) in [6, 6.07) is 9.88. The number of benzene rings is 1. The number of H-pyrrole nitrogens is 1. The topological polar surface area (TPSA) is 92.1 Å². The van der Waals surface area contributed by atoms with Gasteiger partial charge >= 0.3 is 0 Å². The standard InChI is InChI=1S/C21H23N7O/c1-13-11-14(2)28-21(22-13)25-18(26-28)12-19(29)27-10-6-5-9-17(27)20-23-15-7-3-4-8-16(15)24-20/h3-4,7-8,11,17H,5-6,9-10,12H2,1-2H3,(H,23,24)/t17-/m0/s1. The number of imidazole rings is 1. The van der Waals surface area contributed by atoms with Crippen molar-refractivity contribution in [2.75, 3.05) is 6.54 Å². The molecular weight excluding hydrogens is 366 g/mol. The molecule has 29 heavy (non-hydrogen) atoms. The number of aromatic nitrogens is 6. The molecule has 8 nitrogen and oxygen atoms in total. The molecule has 1 aromatic carbocycles. The summed E-state index contributed by atoms with van der Waals surface area (Å²) in [4.78, 5) is 32.1. The molecule has 0 bridgehead atoms. The maximum atomic E-state index is 13.2. The van der Waals surface area contributed by atoms with Crippen molar-refractivity contribution in [3.8, 4) is 0 Å². The average Bonchev–Trinajstić information content (AvgIpc) is 3.31. The fraction of sp³-hybridized carbons (Fsp3) is 0.381. The molecule has 4 heterocycles. The molecule has 0 aliphatic carbocycles. The molecule has 1 saturated heterocycles. The van der Waals surface area contributed by atoms with Crippen LogP contribution in [0.25, 0.3) is 16.8 Å². The number of carbonyl (C=O) groups is 1. The van der Waals surface area contributed by atoms with Crippen LogP contribution in [0, 0.1) is 13.8 Å². The Morgan fingerprint density at radius 3 is 2.90 bits per heavy atom. The first kappa shape index (κ1) is 17.8. The Hall–Kier alpha value is -3.29. The van der Waals surface area contributed by atoms with Gasteiger partial charge in [-0.15, -0.1) is 5.10 Å². The van der Waals surface area contributed by atoms with Gasteiger partial charge in [-0.3, -0.25) is 4.79 Å². The van der Waals surface area contributed by atoms with E-state index >= 15 is 0 Å². The van der Waals surface area contributed by atoms with Crippen molar-refractivity contribution in [2.45, 2.75) is 45.6 Å². The second-order valence-electron chi connectivity index (χ2n) is 7.69. The number of para-hydroxylation sites is 2. The van der Waals surface area contributed by atoms with Gasteiger partial charge in [0.15, 0.2) is 5.82 Å². The Bertz CT molecular complexity index is 1180. The Balaban J connectivity index is 1.42. The number of piperidine rings is 1. The smallest absolute Gasteiger partial charge is 0.252 e. The van der Waals surface area contributed by atoms with Crippen LogP contribution in [0.1, 0.15) is 48.3 Å². The van der Waals surface area contributed by atoms with Crippen molar-refractivity contribution >= 4 is 22.7 Å². The lowest BCUT2D eigenvalue weighted by Gasteiger charge is -2.34. The highest BCUT2D eigenvalue weighted by molar-refractivity contribution is 5.79. The van der Waals surface area contributed by atoms with E-state index in [0.717, 1.165) is 54.1 Å². The number of aromatic amines is 1. The van der Waals surface area contributed by atoms with Crippen LogP contribution < -0.4 is 0 Å². The molecular formula is C21H23N7O. The Kier molecular flexibility index (Phi) is 4.26. The van der Waals surface area contributed by atoms with Gasteiger partial charge in [0.2, 0.25) is 5.91 Å². The fourth-order valence-corrected chi connectivity index (χ4v) is 4.16. The van der Waals surface area contributed by atoms with Crippen LogP contribution in [0.3, 0.4) is 0 Å². The van der Waals surface area contributed by atoms with E-state index in [-0.39, 0.29) is 18.4 Å². The third-order valence-corrected chi connectivity index (χ3v) is 5.52. The molecule has 1 atom stereocenters. The normalized spacial score (nSPS) is 17.3. The van der Waals surface area contributed by atoms with E-state index in [9.17, 15) is 4.79 Å². The van der Waals surface area contributed by atoms with Crippen LogP contribution in [-0.4, -0.2) is 46.9 Å². The quantitative estimate of drug-likeness (QED) is 0.582. The van der Waals surface area contributed by atoms with Crippen molar-refractivity contribution in [1.82, 2.24) is 34.4 Å². The van der Waals surface area contributed by atoms with E-state index in [0.29, 0.717) is 11.6 Å². The summed E-state index contributed by atoms with van der Waals surface area (Å²) in [5, 5.41) is 4.49. The number of nitrogens with one attached hydrogen (secondary N) is 1. The second kappa shape index (κ2) is 6.95. The van der Waals surface area contributed by atoms with Crippen molar-refractivity contribution in [2.24, 2.45) is 0 Å².